The van der Waals surface area contributed by atoms with Gasteiger partial charge in [0, 0.05) is 18.8 Å². The van der Waals surface area contributed by atoms with Gasteiger partial charge in [0.05, 0.1) is 36.5 Å². The maximum atomic E-state index is 9.88. The second-order valence-corrected chi connectivity index (χ2v) is 8.23. The SMILES string of the molecule is Cn1cncc1C(OCc1ccc(C#N)nc1)c1ccc(C#N)c(-c2cccc3ccccc23)c1. The van der Waals surface area contributed by atoms with Crippen LogP contribution in [0.15, 0.2) is 91.5 Å². The minimum atomic E-state index is -0.417. The molecule has 0 saturated heterocycles. The van der Waals surface area contributed by atoms with Crippen LogP contribution in [0.3, 0.4) is 0 Å². The molecule has 0 N–H and O–H groups in total. The van der Waals surface area contributed by atoms with Gasteiger partial charge in [-0.3, -0.25) is 0 Å². The van der Waals surface area contributed by atoms with E-state index >= 15 is 0 Å². The first-order valence-corrected chi connectivity index (χ1v) is 11.1. The Morgan fingerprint density at radius 1 is 0.914 bits per heavy atom. The lowest BCUT2D eigenvalue weighted by atomic mass is 9.92. The molecule has 0 aliphatic rings. The summed E-state index contributed by atoms with van der Waals surface area (Å²) in [6.45, 7) is 0.304. The number of nitriles is 2. The Bertz CT molecular complexity index is 1580. The van der Waals surface area contributed by atoms with Gasteiger partial charge in [0.1, 0.15) is 17.9 Å². The highest BCUT2D eigenvalue weighted by Crippen LogP contribution is 2.35. The summed E-state index contributed by atoms with van der Waals surface area (Å²) in [5.74, 6) is 0. The van der Waals surface area contributed by atoms with Gasteiger partial charge in [0.2, 0.25) is 0 Å². The summed E-state index contributed by atoms with van der Waals surface area (Å²) in [5, 5.41) is 21.1. The average molecular weight is 456 g/mol. The van der Waals surface area contributed by atoms with Gasteiger partial charge in [-0.1, -0.05) is 54.6 Å². The van der Waals surface area contributed by atoms with E-state index in [4.69, 9.17) is 10.00 Å². The van der Waals surface area contributed by atoms with E-state index in [9.17, 15) is 5.26 Å². The molecule has 3 aromatic carbocycles. The first-order valence-electron chi connectivity index (χ1n) is 11.1. The third-order valence-corrected chi connectivity index (χ3v) is 6.03. The first-order chi connectivity index (χ1) is 17.2. The molecule has 1 unspecified atom stereocenters. The van der Waals surface area contributed by atoms with E-state index in [0.29, 0.717) is 17.9 Å². The summed E-state index contributed by atoms with van der Waals surface area (Å²) >= 11 is 0. The molecule has 6 heteroatoms. The zero-order valence-corrected chi connectivity index (χ0v) is 19.1. The molecule has 0 radical (unpaired) electrons. The number of ether oxygens (including phenoxy) is 1. The topological polar surface area (TPSA) is 87.5 Å². The lowest BCUT2D eigenvalue weighted by Crippen LogP contribution is -2.11. The number of rotatable bonds is 6. The Kier molecular flexibility index (Phi) is 6.05. The molecule has 0 saturated carbocycles. The van der Waals surface area contributed by atoms with Crippen molar-refractivity contribution in [3.63, 3.8) is 0 Å². The zero-order chi connectivity index (χ0) is 24.2. The molecule has 5 aromatic rings. The summed E-state index contributed by atoms with van der Waals surface area (Å²) in [6, 6.07) is 28.0. The number of benzene rings is 3. The zero-order valence-electron chi connectivity index (χ0n) is 19.1. The third kappa shape index (κ3) is 4.39. The molecule has 2 heterocycles. The Morgan fingerprint density at radius 2 is 1.77 bits per heavy atom. The van der Waals surface area contributed by atoms with Gasteiger partial charge in [0.15, 0.2) is 0 Å². The Balaban J connectivity index is 1.58. The standard InChI is InChI=1S/C29H21N5O/c1-34-19-32-17-28(34)29(35-18-20-9-12-24(15-31)33-16-20)22-10-11-23(14-30)27(13-22)26-8-4-6-21-5-2-3-7-25(21)26/h2-13,16-17,19,29H,18H2,1H3. The number of fused-ring (bicyclic) bond motifs is 1. The monoisotopic (exact) mass is 455 g/mol. The maximum absolute atomic E-state index is 9.88. The molecule has 2 aromatic heterocycles. The molecule has 0 amide bonds. The van der Waals surface area contributed by atoms with Gasteiger partial charge in [-0.15, -0.1) is 0 Å². The van der Waals surface area contributed by atoms with E-state index in [1.807, 2.05) is 66.2 Å². The predicted molar refractivity (Wildman–Crippen MR) is 133 cm³/mol. The van der Waals surface area contributed by atoms with Crippen LogP contribution in [0.1, 0.15) is 34.2 Å². The number of pyridine rings is 1. The largest absolute Gasteiger partial charge is 0.362 e. The van der Waals surface area contributed by atoms with Gasteiger partial charge < -0.3 is 9.30 Å². The highest BCUT2D eigenvalue weighted by Gasteiger charge is 2.21. The third-order valence-electron chi connectivity index (χ3n) is 6.03. The fourth-order valence-corrected chi connectivity index (χ4v) is 4.23. The van der Waals surface area contributed by atoms with Crippen molar-refractivity contribution in [3.8, 4) is 23.3 Å². The van der Waals surface area contributed by atoms with Crippen LogP contribution in [0, 0.1) is 22.7 Å². The van der Waals surface area contributed by atoms with Crippen molar-refractivity contribution < 1.29 is 4.74 Å². The van der Waals surface area contributed by atoms with Crippen molar-refractivity contribution in [2.45, 2.75) is 12.7 Å². The van der Waals surface area contributed by atoms with Crippen LogP contribution >= 0.6 is 0 Å². The molecule has 0 aliphatic carbocycles. The van der Waals surface area contributed by atoms with E-state index < -0.39 is 6.10 Å². The Labute approximate surface area is 203 Å². The summed E-state index contributed by atoms with van der Waals surface area (Å²) in [4.78, 5) is 8.42. The van der Waals surface area contributed by atoms with Gasteiger partial charge in [-0.05, 0) is 45.7 Å². The van der Waals surface area contributed by atoms with Crippen LogP contribution in [0.2, 0.25) is 0 Å². The normalized spacial score (nSPS) is 11.6. The number of hydrogen-bond donors (Lipinski definition) is 0. The smallest absolute Gasteiger partial charge is 0.140 e. The van der Waals surface area contributed by atoms with Gasteiger partial charge >= 0.3 is 0 Å². The lowest BCUT2D eigenvalue weighted by Gasteiger charge is -2.20. The highest BCUT2D eigenvalue weighted by molar-refractivity contribution is 5.97. The van der Waals surface area contributed by atoms with Crippen LogP contribution in [-0.4, -0.2) is 14.5 Å². The van der Waals surface area contributed by atoms with Crippen LogP contribution in [0.4, 0.5) is 0 Å². The number of aromatic nitrogens is 3. The minimum Gasteiger partial charge on any atom is -0.362 e. The van der Waals surface area contributed by atoms with Gasteiger partial charge in [-0.2, -0.15) is 10.5 Å². The maximum Gasteiger partial charge on any atom is 0.140 e. The van der Waals surface area contributed by atoms with E-state index in [1.54, 1.807) is 24.8 Å². The van der Waals surface area contributed by atoms with Gasteiger partial charge in [-0.25, -0.2) is 9.97 Å². The number of hydrogen-bond acceptors (Lipinski definition) is 5. The van der Waals surface area contributed by atoms with Gasteiger partial charge in [0.25, 0.3) is 0 Å². The highest BCUT2D eigenvalue weighted by atomic mass is 16.5. The second-order valence-electron chi connectivity index (χ2n) is 8.23. The van der Waals surface area contributed by atoms with Crippen molar-refractivity contribution in [2.75, 3.05) is 0 Å². The summed E-state index contributed by atoms with van der Waals surface area (Å²) in [5.41, 5.74) is 5.49. The second kappa shape index (κ2) is 9.61. The molecule has 6 nitrogen and oxygen atoms in total. The van der Waals surface area contributed by atoms with Crippen molar-refractivity contribution in [1.29, 1.82) is 10.5 Å². The van der Waals surface area contributed by atoms with Crippen molar-refractivity contribution in [1.82, 2.24) is 14.5 Å². The van der Waals surface area contributed by atoms with Crippen molar-refractivity contribution in [2.24, 2.45) is 7.05 Å². The molecule has 0 fully saturated rings. The molecule has 5 rings (SSSR count). The minimum absolute atomic E-state index is 0.304. The molecule has 0 bridgehead atoms. The fourth-order valence-electron chi connectivity index (χ4n) is 4.23. The Morgan fingerprint density at radius 3 is 2.51 bits per heavy atom. The van der Waals surface area contributed by atoms with Crippen molar-refractivity contribution >= 4 is 10.8 Å². The average Bonchev–Trinajstić information content (AvgIpc) is 3.34. The van der Waals surface area contributed by atoms with E-state index in [0.717, 1.165) is 38.7 Å². The summed E-state index contributed by atoms with van der Waals surface area (Å²) in [6.07, 6.45) is 4.76. The van der Waals surface area contributed by atoms with Crippen LogP contribution in [-0.2, 0) is 18.4 Å². The fraction of sp³-hybridized carbons (Fsp3) is 0.103. The van der Waals surface area contributed by atoms with Crippen LogP contribution < -0.4 is 0 Å². The number of nitrogens with zero attached hydrogens (tertiary/aromatic N) is 5. The summed E-state index contributed by atoms with van der Waals surface area (Å²) < 4.78 is 8.33. The van der Waals surface area contributed by atoms with E-state index in [1.165, 1.54) is 0 Å². The van der Waals surface area contributed by atoms with Crippen LogP contribution in [0.5, 0.6) is 0 Å². The van der Waals surface area contributed by atoms with Crippen LogP contribution in [0.25, 0.3) is 21.9 Å². The molecular formula is C29H21N5O. The number of aryl methyl sites for hydroxylation is 1. The molecule has 0 aliphatic heterocycles. The van der Waals surface area contributed by atoms with E-state index in [-0.39, 0.29) is 0 Å². The molecule has 168 valence electrons. The lowest BCUT2D eigenvalue weighted by molar-refractivity contribution is 0.0620. The Hall–Kier alpha value is -4.78. The number of imidazole rings is 1. The van der Waals surface area contributed by atoms with Crippen molar-refractivity contribution in [3.05, 3.63) is 120 Å². The first kappa shape index (κ1) is 22.0. The quantitative estimate of drug-likeness (QED) is 0.328. The molecule has 0 spiro atoms. The summed E-state index contributed by atoms with van der Waals surface area (Å²) in [7, 11) is 1.93. The predicted octanol–water partition coefficient (Wildman–Crippen LogP) is 5.68. The molecular weight excluding hydrogens is 434 g/mol. The molecule has 35 heavy (non-hydrogen) atoms. The van der Waals surface area contributed by atoms with E-state index in [2.05, 4.69) is 34.2 Å². The molecule has 1 atom stereocenters.